The highest BCUT2D eigenvalue weighted by molar-refractivity contribution is 7.16. The molecule has 1 aromatic carbocycles. The highest BCUT2D eigenvalue weighted by atomic mass is 32.1. The monoisotopic (exact) mass is 388 g/mol. The van der Waals surface area contributed by atoms with Gasteiger partial charge in [-0.25, -0.2) is 14.6 Å². The molecule has 0 unspecified atom stereocenters. The Balaban J connectivity index is 1.94. The number of hydrogen-bond donors (Lipinski definition) is 1. The summed E-state index contributed by atoms with van der Waals surface area (Å²) in [7, 11) is 4.63. The maximum absolute atomic E-state index is 12.6. The number of nitrogens with zero attached hydrogens (tertiary/aromatic N) is 3. The second-order valence-corrected chi connectivity index (χ2v) is 7.47. The molecule has 0 bridgehead atoms. The number of aromatic nitrogens is 3. The first-order valence-corrected chi connectivity index (χ1v) is 9.12. The lowest BCUT2D eigenvalue weighted by molar-refractivity contribution is 0.0593. The zero-order valence-corrected chi connectivity index (χ0v) is 16.5. The van der Waals surface area contributed by atoms with Crippen molar-refractivity contribution < 1.29 is 14.3 Å². The molecule has 3 rings (SSSR count). The summed E-state index contributed by atoms with van der Waals surface area (Å²) in [5, 5.41) is 3.05. The van der Waals surface area contributed by atoms with Crippen molar-refractivity contribution in [3.63, 3.8) is 0 Å². The molecule has 2 aromatic heterocycles. The fraction of sp³-hybridized carbons (Fsp3) is 0.333. The van der Waals surface area contributed by atoms with Gasteiger partial charge in [-0.3, -0.25) is 19.2 Å². The number of hydrogen-bond acceptors (Lipinski definition) is 6. The minimum Gasteiger partial charge on any atom is -0.464 e. The Bertz CT molecular complexity index is 1110. The number of ether oxygens (including phenoxy) is 1. The number of carbonyl (C=O) groups is 2. The van der Waals surface area contributed by atoms with Gasteiger partial charge in [-0.15, -0.1) is 11.3 Å². The van der Waals surface area contributed by atoms with Crippen LogP contribution in [0.4, 0.5) is 5.13 Å². The van der Waals surface area contributed by atoms with Crippen LogP contribution in [0.25, 0.3) is 11.0 Å². The van der Waals surface area contributed by atoms with Gasteiger partial charge in [0, 0.05) is 24.5 Å². The molecule has 8 nitrogen and oxygen atoms in total. The van der Waals surface area contributed by atoms with Gasteiger partial charge >= 0.3 is 11.7 Å². The van der Waals surface area contributed by atoms with E-state index in [1.807, 2.05) is 13.8 Å². The number of fused-ring (bicyclic) bond motifs is 1. The third-order valence-electron chi connectivity index (χ3n) is 4.31. The molecule has 0 atom stereocenters. The number of thiazole rings is 1. The van der Waals surface area contributed by atoms with Gasteiger partial charge in [0.05, 0.1) is 18.1 Å². The van der Waals surface area contributed by atoms with Crippen LogP contribution in [-0.4, -0.2) is 33.1 Å². The molecule has 0 spiro atoms. The summed E-state index contributed by atoms with van der Waals surface area (Å²) < 4.78 is 7.77. The lowest BCUT2D eigenvalue weighted by Crippen LogP contribution is -2.19. The molecule has 0 radical (unpaired) electrons. The Labute approximate surface area is 159 Å². The normalized spacial score (nSPS) is 11.2. The minimum atomic E-state index is -0.531. The first-order chi connectivity index (χ1) is 12.7. The number of benzene rings is 1. The molecule has 27 heavy (non-hydrogen) atoms. The van der Waals surface area contributed by atoms with Gasteiger partial charge in [0.1, 0.15) is 0 Å². The van der Waals surface area contributed by atoms with Crippen molar-refractivity contribution in [3.8, 4) is 0 Å². The lowest BCUT2D eigenvalue weighted by Gasteiger charge is -2.03. The topological polar surface area (TPSA) is 95.2 Å². The van der Waals surface area contributed by atoms with E-state index in [0.717, 1.165) is 10.4 Å². The molecule has 2 heterocycles. The lowest BCUT2D eigenvalue weighted by atomic mass is 10.1. The van der Waals surface area contributed by atoms with Crippen LogP contribution in [0.1, 0.15) is 45.5 Å². The fourth-order valence-electron chi connectivity index (χ4n) is 2.84. The summed E-state index contributed by atoms with van der Waals surface area (Å²) in [6.07, 6.45) is 0. The maximum Gasteiger partial charge on any atom is 0.357 e. The van der Waals surface area contributed by atoms with Crippen molar-refractivity contribution >= 4 is 39.4 Å². The van der Waals surface area contributed by atoms with Crippen molar-refractivity contribution in [2.24, 2.45) is 14.1 Å². The van der Waals surface area contributed by atoms with Crippen LogP contribution in [0.5, 0.6) is 0 Å². The van der Waals surface area contributed by atoms with Crippen LogP contribution in [0.15, 0.2) is 23.0 Å². The number of anilines is 1. The molecular formula is C18H20N4O4S. The number of nitrogens with one attached hydrogen (secondary N) is 1. The molecule has 3 aromatic rings. The van der Waals surface area contributed by atoms with Crippen molar-refractivity contribution in [2.45, 2.75) is 19.8 Å². The first-order valence-electron chi connectivity index (χ1n) is 8.30. The number of imidazole rings is 1. The van der Waals surface area contributed by atoms with Crippen molar-refractivity contribution in [2.75, 3.05) is 12.4 Å². The van der Waals surface area contributed by atoms with Gasteiger partial charge in [0.25, 0.3) is 5.91 Å². The molecule has 0 aliphatic heterocycles. The van der Waals surface area contributed by atoms with E-state index < -0.39 is 5.97 Å². The van der Waals surface area contributed by atoms with Crippen LogP contribution in [0.3, 0.4) is 0 Å². The molecular weight excluding hydrogens is 368 g/mol. The molecule has 0 aliphatic carbocycles. The largest absolute Gasteiger partial charge is 0.464 e. The van der Waals surface area contributed by atoms with E-state index in [9.17, 15) is 14.4 Å². The number of amides is 1. The average Bonchev–Trinajstić information content (AvgIpc) is 3.17. The third-order valence-corrected chi connectivity index (χ3v) is 5.58. The van der Waals surface area contributed by atoms with Gasteiger partial charge in [0.2, 0.25) is 0 Å². The first kappa shape index (κ1) is 18.8. The Morgan fingerprint density at radius 3 is 2.48 bits per heavy atom. The molecule has 9 heteroatoms. The van der Waals surface area contributed by atoms with Crippen LogP contribution in [-0.2, 0) is 18.8 Å². The molecule has 0 fully saturated rings. The summed E-state index contributed by atoms with van der Waals surface area (Å²) in [5.41, 5.74) is 1.85. The Kier molecular flexibility index (Phi) is 4.88. The number of esters is 1. The van der Waals surface area contributed by atoms with E-state index in [1.165, 1.54) is 27.6 Å². The van der Waals surface area contributed by atoms with Crippen molar-refractivity contribution in [1.82, 2.24) is 14.1 Å². The van der Waals surface area contributed by atoms with Crippen LogP contribution in [0, 0.1) is 0 Å². The molecule has 0 saturated carbocycles. The Morgan fingerprint density at radius 1 is 1.19 bits per heavy atom. The number of rotatable bonds is 4. The highest BCUT2D eigenvalue weighted by Crippen LogP contribution is 2.30. The summed E-state index contributed by atoms with van der Waals surface area (Å²) in [6, 6.07) is 5.03. The van der Waals surface area contributed by atoms with E-state index in [4.69, 9.17) is 4.74 Å². The highest BCUT2D eigenvalue weighted by Gasteiger charge is 2.22. The van der Waals surface area contributed by atoms with E-state index in [0.29, 0.717) is 16.2 Å². The van der Waals surface area contributed by atoms with Crippen LogP contribution in [0.2, 0.25) is 0 Å². The van der Waals surface area contributed by atoms with E-state index in [2.05, 4.69) is 10.3 Å². The van der Waals surface area contributed by atoms with Gasteiger partial charge in [-0.05, 0) is 24.1 Å². The maximum atomic E-state index is 12.6. The van der Waals surface area contributed by atoms with Crippen molar-refractivity contribution in [3.05, 3.63) is 44.8 Å². The van der Waals surface area contributed by atoms with Gasteiger partial charge in [0.15, 0.2) is 10.8 Å². The van der Waals surface area contributed by atoms with Crippen molar-refractivity contribution in [1.29, 1.82) is 0 Å². The predicted molar refractivity (Wildman–Crippen MR) is 104 cm³/mol. The SMILES string of the molecule is COC(=O)c1nc(NC(=O)c2ccc3c(c2)n(C)c(=O)n3C)sc1C(C)C. The summed E-state index contributed by atoms with van der Waals surface area (Å²) >= 11 is 1.24. The minimum absolute atomic E-state index is 0.0671. The van der Waals surface area contributed by atoms with Gasteiger partial charge in [-0.2, -0.15) is 0 Å². The number of carbonyl (C=O) groups excluding carboxylic acids is 2. The number of aryl methyl sites for hydroxylation is 2. The molecule has 0 saturated heterocycles. The second kappa shape index (κ2) is 6.99. The van der Waals surface area contributed by atoms with Gasteiger partial charge in [-0.1, -0.05) is 13.8 Å². The van der Waals surface area contributed by atoms with E-state index >= 15 is 0 Å². The molecule has 1 amide bonds. The molecule has 142 valence electrons. The van der Waals surface area contributed by atoms with E-state index in [1.54, 1.807) is 32.3 Å². The Hall–Kier alpha value is -2.94. The summed E-state index contributed by atoms with van der Waals surface area (Å²) in [6.45, 7) is 3.88. The van der Waals surface area contributed by atoms with Crippen LogP contribution < -0.4 is 11.0 Å². The standard InChI is InChI=1S/C18H20N4O4S/c1-9(2)14-13(16(24)26-5)19-17(27-14)20-15(23)10-6-7-11-12(8-10)22(4)18(25)21(11)3/h6-9H,1-5H3,(H,19,20,23). The second-order valence-electron chi connectivity index (χ2n) is 6.44. The quantitative estimate of drug-likeness (QED) is 0.693. The zero-order chi connectivity index (χ0) is 19.9. The fourth-order valence-corrected chi connectivity index (χ4v) is 3.79. The summed E-state index contributed by atoms with van der Waals surface area (Å²) in [5.74, 6) is -0.831. The van der Waals surface area contributed by atoms with Gasteiger partial charge < -0.3 is 4.74 Å². The molecule has 1 N–H and O–H groups in total. The third kappa shape index (κ3) is 3.25. The van der Waals surface area contributed by atoms with E-state index in [-0.39, 0.29) is 23.2 Å². The average molecular weight is 388 g/mol. The molecule has 0 aliphatic rings. The Morgan fingerprint density at radius 2 is 1.85 bits per heavy atom. The number of methoxy groups -OCH3 is 1. The van der Waals surface area contributed by atoms with Crippen LogP contribution >= 0.6 is 11.3 Å². The smallest absolute Gasteiger partial charge is 0.357 e. The summed E-state index contributed by atoms with van der Waals surface area (Å²) in [4.78, 5) is 41.5. The predicted octanol–water partition coefficient (Wildman–Crippen LogP) is 2.50. The zero-order valence-electron chi connectivity index (χ0n) is 15.7.